The molecule has 6 aliphatic rings. The average molecular weight is 582 g/mol. The van der Waals surface area contributed by atoms with Crippen molar-refractivity contribution in [3.05, 3.63) is 47.5 Å². The summed E-state index contributed by atoms with van der Waals surface area (Å²) in [5.41, 5.74) is 0.326. The zero-order valence-corrected chi connectivity index (χ0v) is 24.6. The quantitative estimate of drug-likeness (QED) is 0.499. The highest BCUT2D eigenvalue weighted by atomic mass is 32.2. The number of hydrogen-bond acceptors (Lipinski definition) is 10. The first-order valence-corrected chi connectivity index (χ1v) is 15.7. The number of esters is 1. The van der Waals surface area contributed by atoms with Gasteiger partial charge in [0.15, 0.2) is 23.6 Å². The molecule has 8 rings (SSSR count). The zero-order valence-electron chi connectivity index (χ0n) is 23.8. The van der Waals surface area contributed by atoms with Crippen LogP contribution in [0.1, 0.15) is 50.5 Å². The van der Waals surface area contributed by atoms with Gasteiger partial charge in [0.1, 0.15) is 23.9 Å². The standard InChI is InChI=1S/C31H35NO8S/c1-6-35-27(34)21-20(22-23-24(38-29(2,3)37-23)25-28(36-22)40-30(4,5)39-25)18-13-41-14-32(18)31(21)17-12-8-10-15-9-7-11-16(19(15)17)26(31)33/h7-12,18,20-25,28H,6,13-14H2,1-5H3/t18?,20-,21+,22+,23-,24-,25+,28+,31-/m0/s1. The van der Waals surface area contributed by atoms with E-state index >= 15 is 0 Å². The summed E-state index contributed by atoms with van der Waals surface area (Å²) in [6, 6.07) is 11.7. The van der Waals surface area contributed by atoms with Crippen molar-refractivity contribution >= 4 is 34.3 Å². The SMILES string of the molecule is CCOC(=O)[C@H]1[C@@H]([C@H]2O[C@@H]3OC(C)(C)O[C@@H]3[C@H]3OC(C)(C)O[C@H]32)C2CSCN2[C@]12C(=O)c1cccc3cccc2c13. The molecule has 5 fully saturated rings. The van der Waals surface area contributed by atoms with Gasteiger partial charge in [-0.3, -0.25) is 14.5 Å². The fourth-order valence-corrected chi connectivity index (χ4v) is 9.85. The number of Topliss-reactive ketones (excluding diaryl/α,β-unsaturated/α-hetero) is 1. The van der Waals surface area contributed by atoms with E-state index in [1.165, 1.54) is 0 Å². The monoisotopic (exact) mass is 581 g/mol. The number of rotatable bonds is 3. The molecule has 2 aromatic rings. The number of ketones is 1. The number of carbonyl (C=O) groups excluding carboxylic acids is 2. The van der Waals surface area contributed by atoms with Gasteiger partial charge in [-0.25, -0.2) is 0 Å². The molecule has 10 heteroatoms. The first kappa shape index (κ1) is 26.6. The minimum absolute atomic E-state index is 0.0481. The molecule has 218 valence electrons. The molecule has 0 aromatic heterocycles. The Morgan fingerprint density at radius 3 is 2.41 bits per heavy atom. The minimum Gasteiger partial charge on any atom is -0.466 e. The summed E-state index contributed by atoms with van der Waals surface area (Å²) >= 11 is 1.77. The Labute approximate surface area is 243 Å². The lowest BCUT2D eigenvalue weighted by Crippen LogP contribution is -2.60. The van der Waals surface area contributed by atoms with Gasteiger partial charge in [0.05, 0.1) is 18.6 Å². The van der Waals surface area contributed by atoms with Crippen molar-refractivity contribution in [1.29, 1.82) is 0 Å². The predicted octanol–water partition coefficient (Wildman–Crippen LogP) is 3.81. The van der Waals surface area contributed by atoms with Crippen LogP contribution in [0.3, 0.4) is 0 Å². The molecule has 1 unspecified atom stereocenters. The number of ether oxygens (including phenoxy) is 6. The predicted molar refractivity (Wildman–Crippen MR) is 149 cm³/mol. The van der Waals surface area contributed by atoms with Gasteiger partial charge in [0.25, 0.3) is 0 Å². The van der Waals surface area contributed by atoms with Gasteiger partial charge in [0, 0.05) is 29.2 Å². The van der Waals surface area contributed by atoms with Crippen LogP contribution in [0.4, 0.5) is 0 Å². The Bertz CT molecular complexity index is 1460. The molecule has 0 radical (unpaired) electrons. The van der Waals surface area contributed by atoms with Gasteiger partial charge in [-0.05, 0) is 51.0 Å². The number of hydrogen-bond donors (Lipinski definition) is 0. The molecule has 1 spiro atoms. The van der Waals surface area contributed by atoms with Crippen LogP contribution in [-0.4, -0.2) is 83.2 Å². The van der Waals surface area contributed by atoms with Crippen LogP contribution in [-0.2, 0) is 38.8 Å². The maximum atomic E-state index is 14.8. The lowest BCUT2D eigenvalue weighted by Gasteiger charge is -2.43. The fourth-order valence-electron chi connectivity index (χ4n) is 8.51. The highest BCUT2D eigenvalue weighted by Crippen LogP contribution is 2.62. The topological polar surface area (TPSA) is 92.8 Å². The van der Waals surface area contributed by atoms with Crippen molar-refractivity contribution in [2.24, 2.45) is 11.8 Å². The fraction of sp³-hybridized carbons (Fsp3) is 0.613. The molecule has 9 atom stereocenters. The third-order valence-electron chi connectivity index (χ3n) is 9.67. The van der Waals surface area contributed by atoms with Gasteiger partial charge < -0.3 is 28.4 Å². The Morgan fingerprint density at radius 1 is 0.976 bits per heavy atom. The maximum Gasteiger partial charge on any atom is 0.312 e. The zero-order chi connectivity index (χ0) is 28.5. The molecular formula is C31H35NO8S. The van der Waals surface area contributed by atoms with E-state index in [1.807, 2.05) is 64.1 Å². The van der Waals surface area contributed by atoms with E-state index in [4.69, 9.17) is 28.4 Å². The highest BCUT2D eigenvalue weighted by Gasteiger charge is 2.74. The smallest absolute Gasteiger partial charge is 0.312 e. The molecule has 5 heterocycles. The summed E-state index contributed by atoms with van der Waals surface area (Å²) in [6.07, 6.45) is -2.77. The van der Waals surface area contributed by atoms with Gasteiger partial charge in [-0.15, -0.1) is 11.8 Å². The lowest BCUT2D eigenvalue weighted by molar-refractivity contribution is -0.249. The van der Waals surface area contributed by atoms with Crippen LogP contribution >= 0.6 is 11.8 Å². The summed E-state index contributed by atoms with van der Waals surface area (Å²) in [7, 11) is 0. The largest absolute Gasteiger partial charge is 0.466 e. The lowest BCUT2D eigenvalue weighted by atomic mass is 9.70. The summed E-state index contributed by atoms with van der Waals surface area (Å²) < 4.78 is 38.0. The summed E-state index contributed by atoms with van der Waals surface area (Å²) in [5, 5.41) is 1.91. The molecular weight excluding hydrogens is 546 g/mol. The summed E-state index contributed by atoms with van der Waals surface area (Å²) in [4.78, 5) is 31.3. The van der Waals surface area contributed by atoms with E-state index in [0.717, 1.165) is 22.1 Å². The first-order valence-electron chi connectivity index (χ1n) is 14.5. The Morgan fingerprint density at radius 2 is 1.66 bits per heavy atom. The van der Waals surface area contributed by atoms with Crippen LogP contribution in [0, 0.1) is 11.8 Å². The summed E-state index contributed by atoms with van der Waals surface area (Å²) in [6.45, 7) is 9.49. The highest BCUT2D eigenvalue weighted by molar-refractivity contribution is 7.99. The Hall–Kier alpha value is -2.05. The van der Waals surface area contributed by atoms with Crippen molar-refractivity contribution in [1.82, 2.24) is 4.90 Å². The second-order valence-electron chi connectivity index (χ2n) is 12.8. The van der Waals surface area contributed by atoms with Crippen molar-refractivity contribution in [2.45, 2.75) is 88.5 Å². The molecule has 9 nitrogen and oxygen atoms in total. The Kier molecular flexibility index (Phi) is 5.67. The van der Waals surface area contributed by atoms with E-state index in [9.17, 15) is 9.59 Å². The van der Waals surface area contributed by atoms with Crippen LogP contribution in [0.15, 0.2) is 36.4 Å². The third-order valence-corrected chi connectivity index (χ3v) is 10.7. The van der Waals surface area contributed by atoms with Gasteiger partial charge in [-0.1, -0.05) is 36.4 Å². The second kappa shape index (κ2) is 8.75. The van der Waals surface area contributed by atoms with E-state index in [0.29, 0.717) is 11.4 Å². The maximum absolute atomic E-state index is 14.8. The van der Waals surface area contributed by atoms with E-state index < -0.39 is 59.7 Å². The van der Waals surface area contributed by atoms with Crippen LogP contribution in [0.5, 0.6) is 0 Å². The van der Waals surface area contributed by atoms with Crippen molar-refractivity contribution in [3.8, 4) is 0 Å². The van der Waals surface area contributed by atoms with E-state index in [2.05, 4.69) is 4.90 Å². The number of nitrogens with zero attached hydrogens (tertiary/aromatic N) is 1. The second-order valence-corrected chi connectivity index (χ2v) is 13.8. The molecule has 5 saturated heterocycles. The normalized spacial score (nSPS) is 41.6. The van der Waals surface area contributed by atoms with E-state index in [-0.39, 0.29) is 24.4 Å². The molecule has 1 aliphatic carbocycles. The molecule has 0 N–H and O–H groups in total. The van der Waals surface area contributed by atoms with Gasteiger partial charge in [-0.2, -0.15) is 0 Å². The van der Waals surface area contributed by atoms with Gasteiger partial charge in [0.2, 0.25) is 0 Å². The Balaban J connectivity index is 1.32. The first-order chi connectivity index (χ1) is 19.6. The molecule has 0 amide bonds. The minimum atomic E-state index is -1.20. The van der Waals surface area contributed by atoms with Crippen LogP contribution in [0.25, 0.3) is 10.8 Å². The molecule has 2 aromatic carbocycles. The van der Waals surface area contributed by atoms with Crippen LogP contribution < -0.4 is 0 Å². The van der Waals surface area contributed by atoms with Crippen molar-refractivity contribution in [3.63, 3.8) is 0 Å². The average Bonchev–Trinajstić information content (AvgIpc) is 3.69. The number of fused-ring (bicyclic) bond motifs is 6. The molecule has 41 heavy (non-hydrogen) atoms. The number of thioether (sulfide) groups is 1. The van der Waals surface area contributed by atoms with E-state index in [1.54, 1.807) is 18.7 Å². The third kappa shape index (κ3) is 3.47. The number of benzene rings is 2. The van der Waals surface area contributed by atoms with Gasteiger partial charge >= 0.3 is 5.97 Å². The van der Waals surface area contributed by atoms with Crippen LogP contribution in [0.2, 0.25) is 0 Å². The number of carbonyl (C=O) groups is 2. The molecule has 0 saturated carbocycles. The molecule has 0 bridgehead atoms. The molecule has 5 aliphatic heterocycles. The van der Waals surface area contributed by atoms with Crippen molar-refractivity contribution < 1.29 is 38.0 Å². The summed E-state index contributed by atoms with van der Waals surface area (Å²) in [5.74, 6) is -2.05. The van der Waals surface area contributed by atoms with Crippen molar-refractivity contribution in [2.75, 3.05) is 18.2 Å².